The fourth-order valence-electron chi connectivity index (χ4n) is 6.72. The molecule has 0 radical (unpaired) electrons. The molecule has 3 fully saturated rings. The van der Waals surface area contributed by atoms with Crippen LogP contribution >= 0.6 is 0 Å². The molecule has 2 saturated heterocycles. The number of aromatic amines is 1. The first kappa shape index (κ1) is 21.4. The first-order chi connectivity index (χ1) is 17.6. The number of carbonyl (C=O) groups excluding carboxylic acids is 2. The van der Waals surface area contributed by atoms with Gasteiger partial charge in [0.1, 0.15) is 16.8 Å². The number of rotatable bonds is 4. The Morgan fingerprint density at radius 3 is 2.19 bits per heavy atom. The van der Waals surface area contributed by atoms with Gasteiger partial charge in [0.2, 0.25) is 0 Å². The number of fused-ring (bicyclic) bond motifs is 6. The molecular weight excluding hydrogens is 454 g/mol. The van der Waals surface area contributed by atoms with Gasteiger partial charge in [0, 0.05) is 45.5 Å². The normalized spacial score (nSPS) is 24.6. The van der Waals surface area contributed by atoms with Gasteiger partial charge in [0.25, 0.3) is 11.8 Å². The Morgan fingerprint density at radius 2 is 1.50 bits per heavy atom. The largest absolute Gasteiger partial charge is 0.493 e. The lowest BCUT2D eigenvalue weighted by molar-refractivity contribution is 0.0629. The van der Waals surface area contributed by atoms with Crippen molar-refractivity contribution in [2.75, 3.05) is 32.8 Å². The molecule has 0 bridgehead atoms. The average Bonchev–Trinajstić information content (AvgIpc) is 3.62. The summed E-state index contributed by atoms with van der Waals surface area (Å²) < 4.78 is 5.86. The molecular formula is C28H31N5O3. The molecule has 4 atom stereocenters. The van der Waals surface area contributed by atoms with Crippen LogP contribution in [-0.2, 0) is 0 Å². The molecule has 3 aliphatic rings. The number of H-pyrrole nitrogens is 1. The number of hydrogen-bond acceptors (Lipinski definition) is 5. The summed E-state index contributed by atoms with van der Waals surface area (Å²) in [6, 6.07) is 17.4. The summed E-state index contributed by atoms with van der Waals surface area (Å²) in [6.07, 6.45) is 0. The van der Waals surface area contributed by atoms with Crippen molar-refractivity contribution in [3.8, 4) is 5.75 Å². The molecule has 8 heteroatoms. The molecule has 186 valence electrons. The van der Waals surface area contributed by atoms with Crippen LogP contribution in [0.3, 0.4) is 0 Å². The number of aromatic nitrogens is 3. The van der Waals surface area contributed by atoms with Crippen molar-refractivity contribution in [3.63, 3.8) is 0 Å². The first-order valence-corrected chi connectivity index (χ1v) is 12.7. The van der Waals surface area contributed by atoms with Crippen LogP contribution < -0.4 is 4.74 Å². The van der Waals surface area contributed by atoms with Gasteiger partial charge in [-0.25, -0.2) is 0 Å². The zero-order valence-corrected chi connectivity index (χ0v) is 20.1. The summed E-state index contributed by atoms with van der Waals surface area (Å²) in [6.45, 7) is 5.55. The Hall–Kier alpha value is -3.94. The summed E-state index contributed by atoms with van der Waals surface area (Å²) in [4.78, 5) is 30.7. The average molecular weight is 486 g/mol. The maximum Gasteiger partial charge on any atom is 0.254 e. The Balaban J connectivity index is 0.00000147. The van der Waals surface area contributed by atoms with Gasteiger partial charge in [-0.3, -0.25) is 9.59 Å². The van der Waals surface area contributed by atoms with Gasteiger partial charge < -0.3 is 14.5 Å². The lowest BCUT2D eigenvalue weighted by Gasteiger charge is -2.42. The van der Waals surface area contributed by atoms with Crippen LogP contribution in [0.4, 0.5) is 0 Å². The topological polar surface area (TPSA) is 91.4 Å². The third-order valence-corrected chi connectivity index (χ3v) is 8.43. The van der Waals surface area contributed by atoms with Crippen molar-refractivity contribution in [1.82, 2.24) is 25.2 Å². The molecule has 2 amide bonds. The van der Waals surface area contributed by atoms with E-state index in [9.17, 15) is 9.59 Å². The van der Waals surface area contributed by atoms with E-state index in [0.29, 0.717) is 46.9 Å². The van der Waals surface area contributed by atoms with Crippen molar-refractivity contribution in [2.45, 2.75) is 6.92 Å². The smallest absolute Gasteiger partial charge is 0.254 e. The fourth-order valence-corrected chi connectivity index (χ4v) is 6.72. The first-order valence-electron chi connectivity index (χ1n) is 12.7. The van der Waals surface area contributed by atoms with E-state index in [1.807, 2.05) is 71.3 Å². The third-order valence-electron chi connectivity index (χ3n) is 8.43. The van der Waals surface area contributed by atoms with Crippen LogP contribution in [0.5, 0.6) is 5.75 Å². The van der Waals surface area contributed by atoms with Crippen LogP contribution in [0, 0.1) is 23.7 Å². The van der Waals surface area contributed by atoms with E-state index in [2.05, 4.69) is 15.4 Å². The van der Waals surface area contributed by atoms with Gasteiger partial charge in [-0.05, 0) is 66.3 Å². The molecule has 0 spiro atoms. The quantitative estimate of drug-likeness (QED) is 0.470. The predicted octanol–water partition coefficient (Wildman–Crippen LogP) is 4.09. The van der Waals surface area contributed by atoms with Crippen molar-refractivity contribution in [2.24, 2.45) is 23.7 Å². The van der Waals surface area contributed by atoms with Crippen molar-refractivity contribution >= 4 is 33.6 Å². The molecule has 1 aromatic heterocycles. The number of nitrogens with zero attached hydrogens (tertiary/aromatic N) is 4. The molecule has 4 aromatic rings. The Bertz CT molecular complexity index is 1500. The number of carbonyl (C=O) groups is 2. The minimum absolute atomic E-state index is 0. The number of ether oxygens (including phenoxy) is 1. The van der Waals surface area contributed by atoms with E-state index in [4.69, 9.17) is 4.74 Å². The molecule has 1 saturated carbocycles. The van der Waals surface area contributed by atoms with E-state index in [-0.39, 0.29) is 14.7 Å². The summed E-state index contributed by atoms with van der Waals surface area (Å²) in [5, 5.41) is 12.8. The van der Waals surface area contributed by atoms with E-state index in [1.165, 1.54) is 0 Å². The summed E-state index contributed by atoms with van der Waals surface area (Å²) in [5.74, 6) is 2.73. The minimum atomic E-state index is 0. The van der Waals surface area contributed by atoms with Gasteiger partial charge >= 0.3 is 0 Å². The van der Waals surface area contributed by atoms with E-state index >= 15 is 0 Å². The van der Waals surface area contributed by atoms with Gasteiger partial charge in [0.15, 0.2) is 0 Å². The van der Waals surface area contributed by atoms with Crippen LogP contribution in [-0.4, -0.2) is 69.8 Å². The minimum Gasteiger partial charge on any atom is -0.493 e. The van der Waals surface area contributed by atoms with Crippen LogP contribution in [0.2, 0.25) is 0 Å². The lowest BCUT2D eigenvalue weighted by Crippen LogP contribution is -2.44. The Kier molecular flexibility index (Phi) is 4.77. The number of benzene rings is 3. The Morgan fingerprint density at radius 1 is 0.861 bits per heavy atom. The summed E-state index contributed by atoms with van der Waals surface area (Å²) in [5.41, 5.74) is 2.80. The highest BCUT2D eigenvalue weighted by Gasteiger charge is 2.59. The predicted molar refractivity (Wildman–Crippen MR) is 139 cm³/mol. The zero-order chi connectivity index (χ0) is 24.4. The van der Waals surface area contributed by atoms with Crippen LogP contribution in [0.25, 0.3) is 21.8 Å². The molecule has 3 aromatic carbocycles. The maximum atomic E-state index is 13.5. The van der Waals surface area contributed by atoms with E-state index in [1.54, 1.807) is 0 Å². The standard InChI is InChI=1S/C28H27N5O3.2H2/c1-2-36-26-11-18(9-16-5-3-4-6-19(16)26)28(35)33-14-22-20-12-32(13-21(20)23(22)15-33)27(34)17-7-8-24-25(10-17)30-31-29-24;;/h3-11,20-23H,2,12-15H2,1H3,(H,29,30,31);2*1H/t20-,21+,22?,23?;;. The second-order valence-electron chi connectivity index (χ2n) is 10.2. The third kappa shape index (κ3) is 3.20. The van der Waals surface area contributed by atoms with Gasteiger partial charge in [-0.2, -0.15) is 15.4 Å². The number of likely N-dealkylation sites (tertiary alicyclic amines) is 2. The molecule has 2 aliphatic heterocycles. The SMILES string of the molecule is CCOc1cc(C(=O)N2CC3C(C2)[C@@H]2CN(C(=O)c4ccc5n[nH]nc5c4)C[C@H]32)cc2ccccc12.[HH].[HH]. The highest BCUT2D eigenvalue weighted by molar-refractivity contribution is 6.01. The molecule has 8 nitrogen and oxygen atoms in total. The van der Waals surface area contributed by atoms with Gasteiger partial charge in [-0.15, -0.1) is 0 Å². The molecule has 36 heavy (non-hydrogen) atoms. The Labute approximate surface area is 211 Å². The van der Waals surface area contributed by atoms with Crippen LogP contribution in [0.15, 0.2) is 54.6 Å². The second kappa shape index (κ2) is 8.05. The van der Waals surface area contributed by atoms with Gasteiger partial charge in [0.05, 0.1) is 6.61 Å². The number of nitrogens with one attached hydrogen (secondary N) is 1. The molecule has 3 heterocycles. The van der Waals surface area contributed by atoms with Crippen molar-refractivity contribution < 1.29 is 17.2 Å². The van der Waals surface area contributed by atoms with Crippen molar-refractivity contribution in [1.29, 1.82) is 0 Å². The van der Waals surface area contributed by atoms with E-state index in [0.717, 1.165) is 48.2 Å². The molecule has 1 aliphatic carbocycles. The second-order valence-corrected chi connectivity index (χ2v) is 10.2. The number of amides is 2. The fraction of sp³-hybridized carbons (Fsp3) is 0.357. The van der Waals surface area contributed by atoms with Crippen molar-refractivity contribution in [3.05, 3.63) is 65.7 Å². The molecule has 1 N–H and O–H groups in total. The lowest BCUT2D eigenvalue weighted by atomic mass is 9.60. The summed E-state index contributed by atoms with van der Waals surface area (Å²) >= 11 is 0. The molecule has 2 unspecified atom stereocenters. The highest BCUT2D eigenvalue weighted by Crippen LogP contribution is 2.54. The van der Waals surface area contributed by atoms with Gasteiger partial charge in [-0.1, -0.05) is 24.3 Å². The zero-order valence-electron chi connectivity index (χ0n) is 20.1. The summed E-state index contributed by atoms with van der Waals surface area (Å²) in [7, 11) is 0. The highest BCUT2D eigenvalue weighted by atomic mass is 16.5. The van der Waals surface area contributed by atoms with Crippen LogP contribution in [0.1, 0.15) is 30.5 Å². The monoisotopic (exact) mass is 485 g/mol. The maximum absolute atomic E-state index is 13.5. The number of hydrogen-bond donors (Lipinski definition) is 1. The molecule has 7 rings (SSSR count). The van der Waals surface area contributed by atoms with E-state index < -0.39 is 0 Å².